The standard InChI is InChI=1S/C31H25BrN6O2/c1-40-29-5-3-2-4-26(29)27-18-36-17-23-12-24(32)10-11-28(23)38(19-30(36)35-27)31(39)13-25-15-34-20-37(25)16-22-8-6-21(14-33)7-9-22/h2-12,15,18,20H,13,16-17,19H2,1H3. The Kier molecular flexibility index (Phi) is 6.93. The number of nitrogens with zero attached hydrogens (tertiary/aromatic N) is 6. The zero-order valence-corrected chi connectivity index (χ0v) is 23.4. The second-order valence-electron chi connectivity index (χ2n) is 9.62. The number of anilines is 1. The molecular formula is C31H25BrN6O2. The normalized spacial score (nSPS) is 12.3. The van der Waals surface area contributed by atoms with Crippen molar-refractivity contribution in [2.75, 3.05) is 12.0 Å². The van der Waals surface area contributed by atoms with Crippen LogP contribution < -0.4 is 9.64 Å². The van der Waals surface area contributed by atoms with Crippen LogP contribution in [0.25, 0.3) is 11.3 Å². The Morgan fingerprint density at radius 3 is 2.73 bits per heavy atom. The molecule has 0 saturated heterocycles. The lowest BCUT2D eigenvalue weighted by Gasteiger charge is -2.23. The monoisotopic (exact) mass is 592 g/mol. The first-order chi connectivity index (χ1) is 19.5. The number of imidazole rings is 2. The molecule has 8 nitrogen and oxygen atoms in total. The highest BCUT2D eigenvalue weighted by Crippen LogP contribution is 2.34. The minimum atomic E-state index is -0.0413. The lowest BCUT2D eigenvalue weighted by molar-refractivity contribution is -0.118. The fourth-order valence-corrected chi connectivity index (χ4v) is 5.46. The van der Waals surface area contributed by atoms with Crippen molar-refractivity contribution < 1.29 is 9.53 Å². The van der Waals surface area contributed by atoms with Crippen molar-refractivity contribution >= 4 is 27.5 Å². The molecule has 0 N–H and O–H groups in total. The van der Waals surface area contributed by atoms with Crippen LogP contribution in [0, 0.1) is 11.3 Å². The Morgan fingerprint density at radius 2 is 1.93 bits per heavy atom. The van der Waals surface area contributed by atoms with Gasteiger partial charge in [0, 0.05) is 40.4 Å². The van der Waals surface area contributed by atoms with Crippen LogP contribution in [-0.4, -0.2) is 32.1 Å². The van der Waals surface area contributed by atoms with Crippen LogP contribution in [0.1, 0.15) is 28.2 Å². The van der Waals surface area contributed by atoms with E-state index in [9.17, 15) is 4.79 Å². The number of para-hydroxylation sites is 1. The molecule has 0 atom stereocenters. The number of nitriles is 1. The van der Waals surface area contributed by atoms with Gasteiger partial charge in [-0.1, -0.05) is 40.2 Å². The van der Waals surface area contributed by atoms with E-state index in [4.69, 9.17) is 15.0 Å². The first kappa shape index (κ1) is 25.6. The van der Waals surface area contributed by atoms with Gasteiger partial charge in [-0.3, -0.25) is 4.79 Å². The second kappa shape index (κ2) is 10.8. The molecule has 2 aromatic heterocycles. The van der Waals surface area contributed by atoms with Gasteiger partial charge in [0.25, 0.3) is 0 Å². The maximum atomic E-state index is 13.9. The minimum absolute atomic E-state index is 0.0413. The van der Waals surface area contributed by atoms with Gasteiger partial charge in [0.2, 0.25) is 5.91 Å². The van der Waals surface area contributed by atoms with E-state index < -0.39 is 0 Å². The molecule has 1 aliphatic rings. The number of rotatable bonds is 6. The fraction of sp³-hybridized carbons (Fsp3) is 0.161. The summed E-state index contributed by atoms with van der Waals surface area (Å²) < 4.78 is 10.6. The number of halogens is 1. The van der Waals surface area contributed by atoms with Crippen molar-refractivity contribution in [1.82, 2.24) is 19.1 Å². The number of hydrogen-bond donors (Lipinski definition) is 0. The lowest BCUT2D eigenvalue weighted by Crippen LogP contribution is -2.32. The largest absolute Gasteiger partial charge is 0.496 e. The van der Waals surface area contributed by atoms with Crippen LogP contribution in [-0.2, 0) is 30.8 Å². The Labute approximate surface area is 240 Å². The van der Waals surface area contributed by atoms with Crippen molar-refractivity contribution in [1.29, 1.82) is 5.26 Å². The van der Waals surface area contributed by atoms with Crippen LogP contribution >= 0.6 is 15.9 Å². The summed E-state index contributed by atoms with van der Waals surface area (Å²) in [4.78, 5) is 25.0. The molecule has 40 heavy (non-hydrogen) atoms. The summed E-state index contributed by atoms with van der Waals surface area (Å²) >= 11 is 3.60. The Morgan fingerprint density at radius 1 is 1.10 bits per heavy atom. The number of fused-ring (bicyclic) bond motifs is 2. The third-order valence-corrected chi connectivity index (χ3v) is 7.58. The summed E-state index contributed by atoms with van der Waals surface area (Å²) in [6.07, 6.45) is 5.69. The average molecular weight is 593 g/mol. The summed E-state index contributed by atoms with van der Waals surface area (Å²) in [5.41, 5.74) is 6.07. The Bertz CT molecular complexity index is 1750. The number of carbonyl (C=O) groups excluding carboxylic acids is 1. The van der Waals surface area contributed by atoms with E-state index in [0.717, 1.165) is 49.8 Å². The second-order valence-corrected chi connectivity index (χ2v) is 10.5. The number of aromatic nitrogens is 4. The van der Waals surface area contributed by atoms with Crippen molar-refractivity contribution in [2.45, 2.75) is 26.1 Å². The summed E-state index contributed by atoms with van der Waals surface area (Å²) in [6.45, 7) is 1.49. The number of carbonyl (C=O) groups is 1. The number of amides is 1. The van der Waals surface area contributed by atoms with Crippen molar-refractivity contribution in [3.8, 4) is 23.1 Å². The number of ether oxygens (including phenoxy) is 1. The summed E-state index contributed by atoms with van der Waals surface area (Å²) in [6, 6.07) is 23.4. The summed E-state index contributed by atoms with van der Waals surface area (Å²) in [5.74, 6) is 1.51. The highest BCUT2D eigenvalue weighted by molar-refractivity contribution is 9.10. The molecule has 0 unspecified atom stereocenters. The predicted octanol–water partition coefficient (Wildman–Crippen LogP) is 5.58. The average Bonchev–Trinajstić information content (AvgIpc) is 3.55. The van der Waals surface area contributed by atoms with Crippen LogP contribution in [0.3, 0.4) is 0 Å². The van der Waals surface area contributed by atoms with Crippen molar-refractivity contribution in [2.24, 2.45) is 0 Å². The third-order valence-electron chi connectivity index (χ3n) is 7.08. The highest BCUT2D eigenvalue weighted by Gasteiger charge is 2.27. The smallest absolute Gasteiger partial charge is 0.233 e. The highest BCUT2D eigenvalue weighted by atomic mass is 79.9. The molecule has 198 valence electrons. The number of benzene rings is 3. The van der Waals surface area contributed by atoms with E-state index >= 15 is 0 Å². The topological polar surface area (TPSA) is 89.0 Å². The molecule has 3 aromatic carbocycles. The van der Waals surface area contributed by atoms with Crippen molar-refractivity contribution in [3.05, 3.63) is 118 Å². The molecular weight excluding hydrogens is 568 g/mol. The first-order valence-electron chi connectivity index (χ1n) is 12.8. The van der Waals surface area contributed by atoms with Crippen LogP contribution in [0.4, 0.5) is 5.69 Å². The molecule has 0 aliphatic carbocycles. The SMILES string of the molecule is COc1ccccc1-c1cn2c(n1)CN(C(=O)Cc1cncn1Cc1ccc(C#N)cc1)c1ccc(Br)cc1C2. The summed E-state index contributed by atoms with van der Waals surface area (Å²) in [5, 5.41) is 9.08. The fourth-order valence-electron chi connectivity index (χ4n) is 5.05. The van der Waals surface area contributed by atoms with Gasteiger partial charge in [0.1, 0.15) is 11.6 Å². The first-order valence-corrected chi connectivity index (χ1v) is 13.6. The molecule has 0 bridgehead atoms. The molecule has 0 saturated carbocycles. The zero-order chi connectivity index (χ0) is 27.6. The predicted molar refractivity (Wildman–Crippen MR) is 155 cm³/mol. The molecule has 1 amide bonds. The van der Waals surface area contributed by atoms with E-state index in [1.807, 2.05) is 64.2 Å². The van der Waals surface area contributed by atoms with Crippen LogP contribution in [0.5, 0.6) is 5.75 Å². The van der Waals surface area contributed by atoms with Crippen molar-refractivity contribution in [3.63, 3.8) is 0 Å². The maximum Gasteiger partial charge on any atom is 0.233 e. The quantitative estimate of drug-likeness (QED) is 0.257. The van der Waals surface area contributed by atoms with Gasteiger partial charge in [-0.2, -0.15) is 5.26 Å². The molecule has 0 radical (unpaired) electrons. The van der Waals surface area contributed by atoms with Gasteiger partial charge >= 0.3 is 0 Å². The van der Waals surface area contributed by atoms with Crippen LogP contribution in [0.2, 0.25) is 0 Å². The van der Waals surface area contributed by atoms with Gasteiger partial charge in [0.05, 0.1) is 50.3 Å². The molecule has 0 spiro atoms. The summed E-state index contributed by atoms with van der Waals surface area (Å²) in [7, 11) is 1.65. The van der Waals surface area contributed by atoms with Gasteiger partial charge in [-0.15, -0.1) is 0 Å². The Hall–Kier alpha value is -4.68. The van der Waals surface area contributed by atoms with E-state index in [1.54, 1.807) is 31.8 Å². The van der Waals surface area contributed by atoms with E-state index in [0.29, 0.717) is 25.2 Å². The van der Waals surface area contributed by atoms with E-state index in [2.05, 4.69) is 37.6 Å². The Balaban J connectivity index is 1.31. The molecule has 6 rings (SSSR count). The molecule has 0 fully saturated rings. The van der Waals surface area contributed by atoms with E-state index in [1.165, 1.54) is 0 Å². The minimum Gasteiger partial charge on any atom is -0.496 e. The van der Waals surface area contributed by atoms with Crippen LogP contribution in [0.15, 0.2) is 89.9 Å². The van der Waals surface area contributed by atoms with Gasteiger partial charge < -0.3 is 18.8 Å². The lowest BCUT2D eigenvalue weighted by atomic mass is 10.1. The molecule has 1 aliphatic heterocycles. The number of methoxy groups -OCH3 is 1. The van der Waals surface area contributed by atoms with Gasteiger partial charge in [0.15, 0.2) is 0 Å². The van der Waals surface area contributed by atoms with Gasteiger partial charge in [-0.25, -0.2) is 9.97 Å². The number of hydrogen-bond acceptors (Lipinski definition) is 5. The molecule has 3 heterocycles. The molecule has 9 heteroatoms. The maximum absolute atomic E-state index is 13.9. The third kappa shape index (κ3) is 5.01. The van der Waals surface area contributed by atoms with Gasteiger partial charge in [-0.05, 0) is 53.6 Å². The zero-order valence-electron chi connectivity index (χ0n) is 21.8. The van der Waals surface area contributed by atoms with E-state index in [-0.39, 0.29) is 12.3 Å². The molecule has 5 aromatic rings.